The average Bonchev–Trinajstić information content (AvgIpc) is 2.76. The van der Waals surface area contributed by atoms with Crippen LogP contribution in [0.3, 0.4) is 0 Å². The highest BCUT2D eigenvalue weighted by atomic mass is 127. The molecule has 2 aromatic rings. The molecule has 1 unspecified atom stereocenters. The van der Waals surface area contributed by atoms with Crippen molar-refractivity contribution in [3.05, 3.63) is 59.7 Å². The smallest absolute Gasteiger partial charge is 0.193 e. The molecule has 3 rings (SSSR count). The van der Waals surface area contributed by atoms with Crippen molar-refractivity contribution >= 4 is 35.6 Å². The molecule has 0 aliphatic carbocycles. The van der Waals surface area contributed by atoms with E-state index in [1.807, 2.05) is 36.4 Å². The SMILES string of the molecule is COCc1ccccc1NC(N)=NCC(c1ccc(OC)cc1)N1CCCCC1.I. The van der Waals surface area contributed by atoms with Crippen molar-refractivity contribution in [1.82, 2.24) is 4.90 Å². The molecule has 164 valence electrons. The Kier molecular flexibility index (Phi) is 10.4. The van der Waals surface area contributed by atoms with Gasteiger partial charge in [0.05, 0.1) is 26.3 Å². The summed E-state index contributed by atoms with van der Waals surface area (Å²) in [6, 6.07) is 16.5. The summed E-state index contributed by atoms with van der Waals surface area (Å²) in [5.74, 6) is 1.29. The van der Waals surface area contributed by atoms with Crippen LogP contribution in [-0.2, 0) is 11.3 Å². The number of halogens is 1. The number of ether oxygens (including phenoxy) is 2. The van der Waals surface area contributed by atoms with Crippen LogP contribution in [0.4, 0.5) is 5.69 Å². The van der Waals surface area contributed by atoms with Crippen LogP contribution in [0, 0.1) is 0 Å². The first-order valence-corrected chi connectivity index (χ1v) is 10.2. The van der Waals surface area contributed by atoms with Gasteiger partial charge in [0.2, 0.25) is 0 Å². The van der Waals surface area contributed by atoms with E-state index in [0.29, 0.717) is 19.1 Å². The fourth-order valence-electron chi connectivity index (χ4n) is 3.77. The number of anilines is 1. The molecule has 1 aliphatic rings. The molecule has 0 aromatic heterocycles. The van der Waals surface area contributed by atoms with Gasteiger partial charge in [0, 0.05) is 18.4 Å². The largest absolute Gasteiger partial charge is 0.497 e. The number of rotatable bonds is 8. The Labute approximate surface area is 196 Å². The normalized spacial score (nSPS) is 15.9. The highest BCUT2D eigenvalue weighted by Crippen LogP contribution is 2.26. The van der Waals surface area contributed by atoms with Crippen LogP contribution >= 0.6 is 24.0 Å². The molecule has 30 heavy (non-hydrogen) atoms. The molecular weight excluding hydrogens is 491 g/mol. The van der Waals surface area contributed by atoms with Crippen molar-refractivity contribution < 1.29 is 9.47 Å². The number of hydrogen-bond acceptors (Lipinski definition) is 4. The fourth-order valence-corrected chi connectivity index (χ4v) is 3.77. The molecule has 0 bridgehead atoms. The molecule has 1 fully saturated rings. The lowest BCUT2D eigenvalue weighted by molar-refractivity contribution is 0.168. The molecule has 1 heterocycles. The molecule has 0 amide bonds. The quantitative estimate of drug-likeness (QED) is 0.304. The zero-order chi connectivity index (χ0) is 20.5. The van der Waals surface area contributed by atoms with E-state index in [-0.39, 0.29) is 30.0 Å². The van der Waals surface area contributed by atoms with Crippen LogP contribution in [-0.4, -0.2) is 44.7 Å². The maximum atomic E-state index is 6.23. The third-order valence-electron chi connectivity index (χ3n) is 5.35. The minimum atomic E-state index is 0. The summed E-state index contributed by atoms with van der Waals surface area (Å²) in [5, 5.41) is 3.23. The predicted octanol–water partition coefficient (Wildman–Crippen LogP) is 4.41. The van der Waals surface area contributed by atoms with Gasteiger partial charge in [-0.1, -0.05) is 36.8 Å². The summed E-state index contributed by atoms with van der Waals surface area (Å²) in [7, 11) is 3.38. The number of nitrogens with two attached hydrogens (primary N) is 1. The summed E-state index contributed by atoms with van der Waals surface area (Å²) in [4.78, 5) is 7.20. The number of nitrogens with zero attached hydrogens (tertiary/aromatic N) is 2. The molecule has 1 aliphatic heterocycles. The zero-order valence-electron chi connectivity index (χ0n) is 17.8. The van der Waals surface area contributed by atoms with Gasteiger partial charge in [0.15, 0.2) is 5.96 Å². The lowest BCUT2D eigenvalue weighted by Crippen LogP contribution is -2.36. The molecule has 0 radical (unpaired) electrons. The van der Waals surface area contributed by atoms with Crippen LogP contribution in [0.15, 0.2) is 53.5 Å². The molecule has 1 atom stereocenters. The van der Waals surface area contributed by atoms with Crippen LogP contribution in [0.5, 0.6) is 5.75 Å². The zero-order valence-corrected chi connectivity index (χ0v) is 20.2. The number of aliphatic imine (C=N–C) groups is 1. The first-order valence-electron chi connectivity index (χ1n) is 10.2. The molecule has 6 nitrogen and oxygen atoms in total. The Bertz CT molecular complexity index is 792. The number of para-hydroxylation sites is 1. The monoisotopic (exact) mass is 524 g/mol. The molecule has 0 saturated carbocycles. The number of hydrogen-bond donors (Lipinski definition) is 2. The molecule has 1 saturated heterocycles. The second-order valence-electron chi connectivity index (χ2n) is 7.33. The number of methoxy groups -OCH3 is 2. The van der Waals surface area contributed by atoms with Crippen molar-refractivity contribution in [1.29, 1.82) is 0 Å². The summed E-state index contributed by atoms with van der Waals surface area (Å²) in [6.45, 7) is 3.32. The predicted molar refractivity (Wildman–Crippen MR) is 134 cm³/mol. The van der Waals surface area contributed by atoms with Crippen LogP contribution in [0.25, 0.3) is 0 Å². The van der Waals surface area contributed by atoms with E-state index in [0.717, 1.165) is 30.1 Å². The van der Waals surface area contributed by atoms with Crippen molar-refractivity contribution in [2.24, 2.45) is 10.7 Å². The minimum Gasteiger partial charge on any atom is -0.497 e. The van der Waals surface area contributed by atoms with E-state index in [1.54, 1.807) is 14.2 Å². The Morgan fingerprint density at radius 2 is 1.77 bits per heavy atom. The minimum absolute atomic E-state index is 0. The molecular formula is C23H33IN4O2. The van der Waals surface area contributed by atoms with Crippen LogP contribution < -0.4 is 15.8 Å². The average molecular weight is 524 g/mol. The third-order valence-corrected chi connectivity index (χ3v) is 5.35. The molecule has 7 heteroatoms. The van der Waals surface area contributed by atoms with Gasteiger partial charge in [-0.15, -0.1) is 24.0 Å². The Morgan fingerprint density at radius 1 is 1.07 bits per heavy atom. The summed E-state index contributed by atoms with van der Waals surface area (Å²) >= 11 is 0. The standard InChI is InChI=1S/C23H32N4O2.HI/c1-28-17-19-8-4-5-9-21(19)26-23(24)25-16-22(27-14-6-3-7-15-27)18-10-12-20(29-2)13-11-18;/h4-5,8-13,22H,3,6-7,14-17H2,1-2H3,(H3,24,25,26);1H. The maximum absolute atomic E-state index is 6.23. The van der Waals surface area contributed by atoms with Gasteiger partial charge in [-0.3, -0.25) is 9.89 Å². The van der Waals surface area contributed by atoms with E-state index in [2.05, 4.69) is 27.3 Å². The van der Waals surface area contributed by atoms with Crippen molar-refractivity contribution in [2.45, 2.75) is 31.9 Å². The molecule has 2 aromatic carbocycles. The summed E-state index contributed by atoms with van der Waals surface area (Å²) in [6.07, 6.45) is 3.76. The Hall–Kier alpha value is -1.84. The van der Waals surface area contributed by atoms with Crippen molar-refractivity contribution in [2.75, 3.05) is 39.2 Å². The summed E-state index contributed by atoms with van der Waals surface area (Å²) < 4.78 is 10.6. The highest BCUT2D eigenvalue weighted by Gasteiger charge is 2.22. The number of likely N-dealkylation sites (tertiary alicyclic amines) is 1. The summed E-state index contributed by atoms with van der Waals surface area (Å²) in [5.41, 5.74) is 9.45. The van der Waals surface area contributed by atoms with Gasteiger partial charge >= 0.3 is 0 Å². The van der Waals surface area contributed by atoms with E-state index in [1.165, 1.54) is 24.8 Å². The van der Waals surface area contributed by atoms with Gasteiger partial charge in [0.1, 0.15) is 5.75 Å². The van der Waals surface area contributed by atoms with Gasteiger partial charge in [-0.05, 0) is 49.7 Å². The highest BCUT2D eigenvalue weighted by molar-refractivity contribution is 14.0. The number of benzene rings is 2. The van der Waals surface area contributed by atoms with Crippen molar-refractivity contribution in [3.8, 4) is 5.75 Å². The lowest BCUT2D eigenvalue weighted by Gasteiger charge is -2.34. The first-order chi connectivity index (χ1) is 14.2. The maximum Gasteiger partial charge on any atom is 0.193 e. The van der Waals surface area contributed by atoms with Gasteiger partial charge in [-0.25, -0.2) is 0 Å². The fraction of sp³-hybridized carbons (Fsp3) is 0.435. The van der Waals surface area contributed by atoms with E-state index in [4.69, 9.17) is 15.2 Å². The second-order valence-corrected chi connectivity index (χ2v) is 7.33. The van der Waals surface area contributed by atoms with Gasteiger partial charge in [0.25, 0.3) is 0 Å². The van der Waals surface area contributed by atoms with Gasteiger partial charge < -0.3 is 20.5 Å². The number of nitrogens with one attached hydrogen (secondary N) is 1. The number of guanidine groups is 1. The Balaban J connectivity index is 0.00000320. The van der Waals surface area contributed by atoms with E-state index >= 15 is 0 Å². The third kappa shape index (κ3) is 6.85. The Morgan fingerprint density at radius 3 is 2.43 bits per heavy atom. The van der Waals surface area contributed by atoms with Crippen molar-refractivity contribution in [3.63, 3.8) is 0 Å². The van der Waals surface area contributed by atoms with Crippen LogP contribution in [0.2, 0.25) is 0 Å². The molecule has 3 N–H and O–H groups in total. The first kappa shape index (κ1) is 24.4. The second kappa shape index (κ2) is 12.8. The molecule has 0 spiro atoms. The van der Waals surface area contributed by atoms with Gasteiger partial charge in [-0.2, -0.15) is 0 Å². The lowest BCUT2D eigenvalue weighted by atomic mass is 10.0. The number of piperidine rings is 1. The van der Waals surface area contributed by atoms with E-state index in [9.17, 15) is 0 Å². The van der Waals surface area contributed by atoms with E-state index < -0.39 is 0 Å². The van der Waals surface area contributed by atoms with Crippen LogP contribution in [0.1, 0.15) is 36.4 Å². The topological polar surface area (TPSA) is 72.1 Å².